The predicted octanol–water partition coefficient (Wildman–Crippen LogP) is 5.00. The molecule has 0 bridgehead atoms. The molecule has 3 rings (SSSR count). The van der Waals surface area contributed by atoms with Crippen LogP contribution < -0.4 is 20.2 Å². The Labute approximate surface area is 188 Å². The number of hydrazone groups is 1. The molecule has 0 fully saturated rings. The fraction of sp³-hybridized carbons (Fsp3) is 0.0455. The van der Waals surface area contributed by atoms with E-state index in [1.54, 1.807) is 49.6 Å². The van der Waals surface area contributed by atoms with Gasteiger partial charge in [0, 0.05) is 15.7 Å². The molecular weight excluding hydrogens is 466 g/mol. The van der Waals surface area contributed by atoms with E-state index in [0.717, 1.165) is 10.2 Å². The second kappa shape index (κ2) is 10.5. The highest BCUT2D eigenvalue weighted by molar-refractivity contribution is 9.10. The van der Waals surface area contributed by atoms with Crippen molar-refractivity contribution in [3.05, 3.63) is 88.4 Å². The van der Waals surface area contributed by atoms with Crippen molar-refractivity contribution in [3.63, 3.8) is 0 Å². The first-order valence-corrected chi connectivity index (χ1v) is 10.1. The molecule has 0 aliphatic carbocycles. The molecule has 0 aliphatic rings. The molecule has 0 radical (unpaired) electrons. The van der Waals surface area contributed by atoms with E-state index in [1.165, 1.54) is 6.21 Å². The highest BCUT2D eigenvalue weighted by Gasteiger charge is 2.12. The van der Waals surface area contributed by atoms with Crippen LogP contribution in [0.4, 0.5) is 5.69 Å². The third-order valence-corrected chi connectivity index (χ3v) is 4.59. The standard InChI is InChI=1S/C22H18BrN3O3S/c1-28-19-10-7-15(8-11-19)21(27)29-20-12-9-17(23)13-16(20)14-24-26-22(30)25-18-5-3-2-4-6-18/h2-14H,1H3,(H2,25,26,30)/b24-14+. The van der Waals surface area contributed by atoms with Gasteiger partial charge in [-0.05, 0) is 66.8 Å². The van der Waals surface area contributed by atoms with Crippen molar-refractivity contribution in [3.8, 4) is 11.5 Å². The van der Waals surface area contributed by atoms with Crippen molar-refractivity contribution in [2.75, 3.05) is 12.4 Å². The molecule has 0 unspecified atom stereocenters. The van der Waals surface area contributed by atoms with Gasteiger partial charge in [0.05, 0.1) is 18.9 Å². The number of carbonyl (C=O) groups is 1. The molecule has 6 nitrogen and oxygen atoms in total. The number of rotatable bonds is 6. The molecule has 8 heteroatoms. The Morgan fingerprint density at radius 2 is 1.80 bits per heavy atom. The van der Waals surface area contributed by atoms with Crippen LogP contribution in [0.25, 0.3) is 0 Å². The van der Waals surface area contributed by atoms with E-state index in [1.807, 2.05) is 30.3 Å². The summed E-state index contributed by atoms with van der Waals surface area (Å²) >= 11 is 8.64. The van der Waals surface area contributed by atoms with Gasteiger partial charge >= 0.3 is 5.97 Å². The molecule has 0 spiro atoms. The van der Waals surface area contributed by atoms with Gasteiger partial charge in [-0.25, -0.2) is 4.79 Å². The summed E-state index contributed by atoms with van der Waals surface area (Å²) in [5.74, 6) is 0.546. The number of para-hydroxylation sites is 1. The number of halogens is 1. The van der Waals surface area contributed by atoms with Crippen LogP contribution in [0.1, 0.15) is 15.9 Å². The summed E-state index contributed by atoms with van der Waals surface area (Å²) in [5, 5.41) is 7.49. The van der Waals surface area contributed by atoms with Gasteiger partial charge in [0.2, 0.25) is 0 Å². The maximum absolute atomic E-state index is 12.5. The molecule has 2 N–H and O–H groups in total. The van der Waals surface area contributed by atoms with E-state index >= 15 is 0 Å². The van der Waals surface area contributed by atoms with Gasteiger partial charge in [-0.3, -0.25) is 5.43 Å². The van der Waals surface area contributed by atoms with Crippen LogP contribution in [-0.2, 0) is 0 Å². The minimum absolute atomic E-state index is 0.337. The average Bonchev–Trinajstić information content (AvgIpc) is 2.76. The highest BCUT2D eigenvalue weighted by atomic mass is 79.9. The minimum atomic E-state index is -0.483. The number of thiocarbonyl (C=S) groups is 1. The number of methoxy groups -OCH3 is 1. The SMILES string of the molecule is COc1ccc(C(=O)Oc2ccc(Br)cc2/C=N/NC(=S)Nc2ccccc2)cc1. The van der Waals surface area contributed by atoms with E-state index in [2.05, 4.69) is 31.8 Å². The van der Waals surface area contributed by atoms with Crippen LogP contribution >= 0.6 is 28.1 Å². The summed E-state index contributed by atoms with van der Waals surface area (Å²) in [6, 6.07) is 21.4. The smallest absolute Gasteiger partial charge is 0.343 e. The lowest BCUT2D eigenvalue weighted by Gasteiger charge is -2.09. The lowest BCUT2D eigenvalue weighted by Crippen LogP contribution is -2.23. The van der Waals surface area contributed by atoms with Crippen molar-refractivity contribution >= 4 is 51.1 Å². The molecular formula is C22H18BrN3O3S. The fourth-order valence-corrected chi connectivity index (χ4v) is 2.99. The lowest BCUT2D eigenvalue weighted by atomic mass is 10.2. The monoisotopic (exact) mass is 483 g/mol. The van der Waals surface area contributed by atoms with Crippen LogP contribution in [0.3, 0.4) is 0 Å². The molecule has 0 saturated carbocycles. The number of nitrogens with zero attached hydrogens (tertiary/aromatic N) is 1. The second-order valence-electron chi connectivity index (χ2n) is 5.99. The van der Waals surface area contributed by atoms with E-state index in [9.17, 15) is 4.79 Å². The normalized spacial score (nSPS) is 10.5. The van der Waals surface area contributed by atoms with Gasteiger partial charge in [0.25, 0.3) is 0 Å². The maximum atomic E-state index is 12.5. The van der Waals surface area contributed by atoms with Crippen LogP contribution in [0.5, 0.6) is 11.5 Å². The van der Waals surface area contributed by atoms with Crippen molar-refractivity contribution < 1.29 is 14.3 Å². The summed E-state index contributed by atoms with van der Waals surface area (Å²) in [4.78, 5) is 12.5. The molecule has 152 valence electrons. The zero-order chi connectivity index (χ0) is 21.3. The molecule has 0 aliphatic heterocycles. The lowest BCUT2D eigenvalue weighted by molar-refractivity contribution is 0.0734. The first kappa shape index (κ1) is 21.5. The Morgan fingerprint density at radius 1 is 1.07 bits per heavy atom. The average molecular weight is 484 g/mol. The van der Waals surface area contributed by atoms with E-state index in [0.29, 0.717) is 27.7 Å². The summed E-state index contributed by atoms with van der Waals surface area (Å²) in [6.07, 6.45) is 1.53. The summed E-state index contributed by atoms with van der Waals surface area (Å²) in [5.41, 5.74) is 4.60. The van der Waals surface area contributed by atoms with Crippen molar-refractivity contribution in [2.45, 2.75) is 0 Å². The van der Waals surface area contributed by atoms with Gasteiger partial charge < -0.3 is 14.8 Å². The van der Waals surface area contributed by atoms with Gasteiger partial charge in [-0.2, -0.15) is 5.10 Å². The van der Waals surface area contributed by atoms with Crippen molar-refractivity contribution in [2.24, 2.45) is 5.10 Å². The molecule has 0 saturated heterocycles. The van der Waals surface area contributed by atoms with Crippen LogP contribution in [0.2, 0.25) is 0 Å². The number of carbonyl (C=O) groups excluding carboxylic acids is 1. The first-order valence-electron chi connectivity index (χ1n) is 8.86. The summed E-state index contributed by atoms with van der Waals surface area (Å²) in [7, 11) is 1.57. The van der Waals surface area contributed by atoms with Gasteiger partial charge in [-0.1, -0.05) is 34.1 Å². The number of anilines is 1. The molecule has 0 atom stereocenters. The predicted molar refractivity (Wildman–Crippen MR) is 125 cm³/mol. The highest BCUT2D eigenvalue weighted by Crippen LogP contribution is 2.23. The van der Waals surface area contributed by atoms with Crippen LogP contribution in [0, 0.1) is 0 Å². The van der Waals surface area contributed by atoms with Crippen LogP contribution in [-0.4, -0.2) is 24.4 Å². The van der Waals surface area contributed by atoms with Crippen molar-refractivity contribution in [1.82, 2.24) is 5.43 Å². The van der Waals surface area contributed by atoms with E-state index < -0.39 is 5.97 Å². The Kier molecular flexibility index (Phi) is 7.53. The van der Waals surface area contributed by atoms with Crippen LogP contribution in [0.15, 0.2) is 82.4 Å². The second-order valence-corrected chi connectivity index (χ2v) is 7.31. The Hall–Kier alpha value is -3.23. The molecule has 30 heavy (non-hydrogen) atoms. The quantitative estimate of drug-likeness (QED) is 0.169. The molecule has 0 aromatic heterocycles. The number of ether oxygens (including phenoxy) is 2. The fourth-order valence-electron chi connectivity index (χ4n) is 2.44. The third kappa shape index (κ3) is 6.13. The summed E-state index contributed by atoms with van der Waals surface area (Å²) < 4.78 is 11.5. The topological polar surface area (TPSA) is 72.0 Å². The minimum Gasteiger partial charge on any atom is -0.497 e. The number of esters is 1. The molecule has 3 aromatic rings. The Morgan fingerprint density at radius 3 is 2.50 bits per heavy atom. The van der Waals surface area contributed by atoms with Gasteiger partial charge in [0.15, 0.2) is 5.11 Å². The third-order valence-electron chi connectivity index (χ3n) is 3.90. The number of benzene rings is 3. The number of hydrogen-bond acceptors (Lipinski definition) is 5. The maximum Gasteiger partial charge on any atom is 0.343 e. The zero-order valence-electron chi connectivity index (χ0n) is 16.0. The molecule has 3 aromatic carbocycles. The van der Waals surface area contributed by atoms with Crippen molar-refractivity contribution in [1.29, 1.82) is 0 Å². The zero-order valence-corrected chi connectivity index (χ0v) is 18.4. The van der Waals surface area contributed by atoms with E-state index in [4.69, 9.17) is 21.7 Å². The largest absolute Gasteiger partial charge is 0.497 e. The van der Waals surface area contributed by atoms with Gasteiger partial charge in [0.1, 0.15) is 11.5 Å². The van der Waals surface area contributed by atoms with E-state index in [-0.39, 0.29) is 0 Å². The van der Waals surface area contributed by atoms with Gasteiger partial charge in [-0.15, -0.1) is 0 Å². The Balaban J connectivity index is 1.67. The number of nitrogens with one attached hydrogen (secondary N) is 2. The number of hydrogen-bond donors (Lipinski definition) is 2. The Bertz CT molecular complexity index is 1060. The molecule has 0 heterocycles. The molecule has 0 amide bonds. The first-order chi connectivity index (χ1) is 14.5. The summed E-state index contributed by atoms with van der Waals surface area (Å²) in [6.45, 7) is 0.